The number of carbonyl (C=O) groups is 2. The molecule has 0 bridgehead atoms. The summed E-state index contributed by atoms with van der Waals surface area (Å²) in [4.78, 5) is 26.9. The molecule has 3 aromatic rings. The van der Waals surface area contributed by atoms with Crippen molar-refractivity contribution < 1.29 is 35.7 Å². The number of halogens is 3. The van der Waals surface area contributed by atoms with Gasteiger partial charge >= 0.3 is 6.18 Å². The smallest absolute Gasteiger partial charge is 0.357 e. The summed E-state index contributed by atoms with van der Waals surface area (Å²) in [5.41, 5.74) is -0.583. The molecule has 1 aromatic heterocycles. The number of hydrogen-bond acceptors (Lipinski definition) is 6. The van der Waals surface area contributed by atoms with E-state index in [9.17, 15) is 31.2 Å². The van der Waals surface area contributed by atoms with Gasteiger partial charge in [-0.1, -0.05) is 62.7 Å². The van der Waals surface area contributed by atoms with Crippen molar-refractivity contribution in [3.63, 3.8) is 0 Å². The van der Waals surface area contributed by atoms with Crippen molar-refractivity contribution in [2.24, 2.45) is 5.92 Å². The number of alkyl halides is 3. The molecule has 0 spiro atoms. The van der Waals surface area contributed by atoms with Gasteiger partial charge in [-0.25, -0.2) is 13.1 Å². The number of aryl methyl sites for hydroxylation is 1. The van der Waals surface area contributed by atoms with Crippen LogP contribution in [0, 0.1) is 19.8 Å². The molecule has 0 fully saturated rings. The minimum atomic E-state index is -4.87. The molecule has 43 heavy (non-hydrogen) atoms. The van der Waals surface area contributed by atoms with Crippen LogP contribution in [0.15, 0.2) is 51.9 Å². The van der Waals surface area contributed by atoms with Crippen molar-refractivity contribution in [1.29, 1.82) is 0 Å². The van der Waals surface area contributed by atoms with Gasteiger partial charge in [-0.2, -0.15) is 13.2 Å². The minimum Gasteiger partial charge on any atom is -0.357 e. The molecule has 234 valence electrons. The number of hydrogen-bond donors (Lipinski definition) is 2. The Bertz CT molecular complexity index is 1570. The monoisotopic (exact) mass is 622 g/mol. The van der Waals surface area contributed by atoms with Crippen molar-refractivity contribution in [3.8, 4) is 11.1 Å². The average Bonchev–Trinajstić information content (AvgIpc) is 3.26. The normalized spacial score (nSPS) is 12.7. The lowest BCUT2D eigenvalue weighted by Crippen LogP contribution is -2.51. The summed E-state index contributed by atoms with van der Waals surface area (Å²) >= 11 is 0. The zero-order valence-electron chi connectivity index (χ0n) is 25.0. The fraction of sp³-hybridized carbons (Fsp3) is 0.433. The molecule has 2 N–H and O–H groups in total. The Morgan fingerprint density at radius 2 is 1.74 bits per heavy atom. The van der Waals surface area contributed by atoms with Gasteiger partial charge in [-0.3, -0.25) is 9.59 Å². The van der Waals surface area contributed by atoms with E-state index in [1.807, 2.05) is 6.92 Å². The highest BCUT2D eigenvalue weighted by Crippen LogP contribution is 2.40. The van der Waals surface area contributed by atoms with Crippen molar-refractivity contribution >= 4 is 27.7 Å². The van der Waals surface area contributed by atoms with E-state index >= 15 is 0 Å². The van der Waals surface area contributed by atoms with Gasteiger partial charge in [0.15, 0.2) is 0 Å². The minimum absolute atomic E-state index is 0.137. The second-order valence-electron chi connectivity index (χ2n) is 10.6. The molecule has 9 nitrogen and oxygen atoms in total. The molecule has 0 aliphatic rings. The summed E-state index contributed by atoms with van der Waals surface area (Å²) in [6.07, 6.45) is -3.44. The third-order valence-corrected chi connectivity index (χ3v) is 8.53. The van der Waals surface area contributed by atoms with Crippen LogP contribution in [0.5, 0.6) is 0 Å². The largest absolute Gasteiger partial charge is 0.417 e. The first kappa shape index (κ1) is 33.6. The highest BCUT2D eigenvalue weighted by Gasteiger charge is 2.37. The Morgan fingerprint density at radius 1 is 1.07 bits per heavy atom. The van der Waals surface area contributed by atoms with Crippen molar-refractivity contribution in [3.05, 3.63) is 64.8 Å². The Hall–Kier alpha value is -3.87. The number of nitrogens with one attached hydrogen (secondary N) is 2. The second-order valence-corrected chi connectivity index (χ2v) is 12.3. The Labute approximate surface area is 249 Å². The number of amides is 2. The van der Waals surface area contributed by atoms with Gasteiger partial charge in [-0.05, 0) is 49.4 Å². The van der Waals surface area contributed by atoms with Crippen LogP contribution in [-0.4, -0.2) is 43.4 Å². The summed E-state index contributed by atoms with van der Waals surface area (Å²) in [6, 6.07) is 7.94. The predicted molar refractivity (Wildman–Crippen MR) is 156 cm³/mol. The number of rotatable bonds is 12. The zero-order chi connectivity index (χ0) is 32.1. The first-order chi connectivity index (χ1) is 20.1. The standard InChI is InChI=1S/C30H37F3N4O5S/c1-7-8-13-26(38)37(27(18(2)3)28(39)34-6)17-21-14-15-22(24(16-21)30(31,32)33)23-11-9-10-12-25(23)43(40,41)36-29-19(4)20(5)35-42-29/h9-12,14-16,18,27,36H,7-8,13,17H2,1-6H3,(H,34,39). The number of nitrogens with zero attached hydrogens (tertiary/aromatic N) is 2. The Balaban J connectivity index is 2.12. The van der Waals surface area contributed by atoms with Crippen LogP contribution in [-0.2, 0) is 32.3 Å². The van der Waals surface area contributed by atoms with Crippen molar-refractivity contribution in [1.82, 2.24) is 15.4 Å². The van der Waals surface area contributed by atoms with Crippen LogP contribution < -0.4 is 10.0 Å². The number of carbonyl (C=O) groups excluding carboxylic acids is 2. The lowest BCUT2D eigenvalue weighted by Gasteiger charge is -2.33. The van der Waals surface area contributed by atoms with Gasteiger partial charge < -0.3 is 14.7 Å². The van der Waals surface area contributed by atoms with Gasteiger partial charge in [0.25, 0.3) is 10.0 Å². The van der Waals surface area contributed by atoms with E-state index in [-0.39, 0.29) is 47.4 Å². The summed E-state index contributed by atoms with van der Waals surface area (Å²) in [7, 11) is -2.96. The summed E-state index contributed by atoms with van der Waals surface area (Å²) in [6.45, 7) is 8.41. The number of aromatic nitrogens is 1. The molecule has 0 radical (unpaired) electrons. The molecule has 0 saturated heterocycles. The molecule has 13 heteroatoms. The van der Waals surface area contributed by atoms with Crippen molar-refractivity contribution in [2.75, 3.05) is 11.8 Å². The van der Waals surface area contributed by atoms with Crippen LogP contribution >= 0.6 is 0 Å². The Morgan fingerprint density at radius 3 is 2.30 bits per heavy atom. The number of benzene rings is 2. The van der Waals surface area contributed by atoms with E-state index in [4.69, 9.17) is 4.52 Å². The van der Waals surface area contributed by atoms with E-state index in [1.165, 1.54) is 48.3 Å². The maximum atomic E-state index is 14.5. The number of likely N-dealkylation sites (N-methyl/N-ethyl adjacent to an activating group) is 1. The molecule has 0 saturated carbocycles. The van der Waals surface area contributed by atoms with Crippen LogP contribution in [0.25, 0.3) is 11.1 Å². The van der Waals surface area contributed by atoms with E-state index in [1.54, 1.807) is 27.7 Å². The zero-order valence-corrected chi connectivity index (χ0v) is 25.8. The molecule has 1 heterocycles. The molecule has 2 amide bonds. The predicted octanol–water partition coefficient (Wildman–Crippen LogP) is 6.07. The molecule has 0 aliphatic heterocycles. The molecule has 1 unspecified atom stereocenters. The van der Waals surface area contributed by atoms with E-state index in [0.29, 0.717) is 17.7 Å². The van der Waals surface area contributed by atoms with Crippen LogP contribution in [0.1, 0.15) is 62.4 Å². The van der Waals surface area contributed by atoms with Crippen LogP contribution in [0.2, 0.25) is 0 Å². The van der Waals surface area contributed by atoms with Crippen LogP contribution in [0.3, 0.4) is 0 Å². The van der Waals surface area contributed by atoms with Gasteiger partial charge in [0, 0.05) is 31.1 Å². The average molecular weight is 623 g/mol. The lowest BCUT2D eigenvalue weighted by molar-refractivity contribution is -0.143. The molecular weight excluding hydrogens is 585 g/mol. The summed E-state index contributed by atoms with van der Waals surface area (Å²) in [5.74, 6) is -1.21. The first-order valence-electron chi connectivity index (χ1n) is 13.9. The SMILES string of the molecule is CCCCC(=O)N(Cc1ccc(-c2ccccc2S(=O)(=O)Nc2onc(C)c2C)c(C(F)(F)F)c1)C(C(=O)NC)C(C)C. The quantitative estimate of drug-likeness (QED) is 0.253. The maximum absolute atomic E-state index is 14.5. The Kier molecular flexibility index (Phi) is 10.7. The van der Waals surface area contributed by atoms with Crippen LogP contribution in [0.4, 0.5) is 19.1 Å². The lowest BCUT2D eigenvalue weighted by atomic mass is 9.95. The van der Waals surface area contributed by atoms with Crippen molar-refractivity contribution in [2.45, 2.75) is 77.5 Å². The van der Waals surface area contributed by atoms with Gasteiger partial charge in [0.1, 0.15) is 6.04 Å². The fourth-order valence-electron chi connectivity index (χ4n) is 4.73. The van der Waals surface area contributed by atoms with E-state index in [2.05, 4.69) is 15.2 Å². The molecular formula is C30H37F3N4O5S. The van der Waals surface area contributed by atoms with Gasteiger partial charge in [0.2, 0.25) is 17.7 Å². The first-order valence-corrected chi connectivity index (χ1v) is 15.4. The van der Waals surface area contributed by atoms with Gasteiger partial charge in [-0.15, -0.1) is 0 Å². The topological polar surface area (TPSA) is 122 Å². The van der Waals surface area contributed by atoms with E-state index in [0.717, 1.165) is 12.5 Å². The summed E-state index contributed by atoms with van der Waals surface area (Å²) in [5, 5.41) is 6.26. The number of sulfonamides is 1. The third-order valence-electron chi connectivity index (χ3n) is 7.14. The molecule has 3 rings (SSSR count). The highest BCUT2D eigenvalue weighted by atomic mass is 32.2. The maximum Gasteiger partial charge on any atom is 0.417 e. The third kappa shape index (κ3) is 7.75. The molecule has 1 atom stereocenters. The number of anilines is 1. The highest BCUT2D eigenvalue weighted by molar-refractivity contribution is 7.92. The molecule has 2 aromatic carbocycles. The number of unbranched alkanes of at least 4 members (excludes halogenated alkanes) is 1. The molecule has 0 aliphatic carbocycles. The summed E-state index contributed by atoms with van der Waals surface area (Å²) < 4.78 is 77.7. The second kappa shape index (κ2) is 13.6. The van der Waals surface area contributed by atoms with E-state index < -0.39 is 38.6 Å². The fourth-order valence-corrected chi connectivity index (χ4v) is 6.00. The van der Waals surface area contributed by atoms with Gasteiger partial charge in [0.05, 0.1) is 16.2 Å².